The number of H-pyrrole nitrogens is 1. The van der Waals surface area contributed by atoms with E-state index >= 15 is 0 Å². The molecular formula is C25H27N3O4. The molecule has 1 saturated heterocycles. The molecule has 0 aliphatic carbocycles. The Labute approximate surface area is 187 Å². The highest BCUT2D eigenvalue weighted by Gasteiger charge is 2.14. The van der Waals surface area contributed by atoms with E-state index in [9.17, 15) is 4.79 Å². The Hall–Kier alpha value is -3.42. The van der Waals surface area contributed by atoms with Crippen LogP contribution in [0.5, 0.6) is 5.75 Å². The number of aromatic nitrogens is 2. The molecule has 7 heteroatoms. The Morgan fingerprint density at radius 1 is 1.19 bits per heavy atom. The summed E-state index contributed by atoms with van der Waals surface area (Å²) < 4.78 is 10.6. The molecule has 7 nitrogen and oxygen atoms in total. The maximum absolute atomic E-state index is 11.9. The molecule has 1 atom stereocenters. The van der Waals surface area contributed by atoms with Crippen molar-refractivity contribution in [3.05, 3.63) is 77.8 Å². The van der Waals surface area contributed by atoms with Gasteiger partial charge in [-0.25, -0.2) is 15.3 Å². The first-order valence-corrected chi connectivity index (χ1v) is 10.7. The molecule has 1 aromatic heterocycles. The van der Waals surface area contributed by atoms with E-state index in [0.717, 1.165) is 53.2 Å². The molecule has 2 heterocycles. The largest absolute Gasteiger partial charge is 0.497 e. The van der Waals surface area contributed by atoms with Crippen molar-refractivity contribution in [1.82, 2.24) is 15.4 Å². The number of amides is 1. The summed E-state index contributed by atoms with van der Waals surface area (Å²) in [5.74, 6) is 1.40. The van der Waals surface area contributed by atoms with Crippen LogP contribution in [-0.4, -0.2) is 35.9 Å². The van der Waals surface area contributed by atoms with Gasteiger partial charge in [-0.15, -0.1) is 0 Å². The maximum atomic E-state index is 11.9. The van der Waals surface area contributed by atoms with Gasteiger partial charge in [-0.05, 0) is 59.9 Å². The van der Waals surface area contributed by atoms with Crippen molar-refractivity contribution in [2.24, 2.45) is 0 Å². The first-order valence-electron chi connectivity index (χ1n) is 10.7. The number of rotatable bonds is 8. The predicted molar refractivity (Wildman–Crippen MR) is 122 cm³/mol. The van der Waals surface area contributed by atoms with Gasteiger partial charge in [0.25, 0.3) is 5.91 Å². The van der Waals surface area contributed by atoms with Gasteiger partial charge < -0.3 is 14.5 Å². The van der Waals surface area contributed by atoms with Crippen molar-refractivity contribution in [2.45, 2.75) is 32.0 Å². The molecule has 1 fully saturated rings. The van der Waals surface area contributed by atoms with Gasteiger partial charge in [-0.1, -0.05) is 24.3 Å². The standard InChI is InChI=1S/C25H27N3O4/c1-30-21-12-10-20(11-13-21)22-17-26-23(27-22)16-19-7-5-18(6-8-19)9-14-24(29)28-32-25-4-2-3-15-31-25/h5-14,17,25H,2-4,15-16H2,1H3,(H,26,27)(H,28,29). The van der Waals surface area contributed by atoms with Gasteiger partial charge in [0.1, 0.15) is 11.6 Å². The molecule has 1 aliphatic rings. The molecule has 4 rings (SSSR count). The monoisotopic (exact) mass is 433 g/mol. The van der Waals surface area contributed by atoms with Crippen LogP contribution in [-0.2, 0) is 20.8 Å². The molecule has 166 valence electrons. The van der Waals surface area contributed by atoms with Crippen LogP contribution < -0.4 is 10.2 Å². The van der Waals surface area contributed by atoms with Crippen LogP contribution in [0.1, 0.15) is 36.2 Å². The summed E-state index contributed by atoms with van der Waals surface area (Å²) in [7, 11) is 1.65. The van der Waals surface area contributed by atoms with E-state index in [2.05, 4.69) is 15.4 Å². The fraction of sp³-hybridized carbons (Fsp3) is 0.280. The molecule has 1 amide bonds. The minimum absolute atomic E-state index is 0.315. The number of carbonyl (C=O) groups is 1. The van der Waals surface area contributed by atoms with E-state index in [1.807, 2.05) is 54.7 Å². The van der Waals surface area contributed by atoms with Gasteiger partial charge in [-0.3, -0.25) is 4.79 Å². The summed E-state index contributed by atoms with van der Waals surface area (Å²) >= 11 is 0. The van der Waals surface area contributed by atoms with Crippen molar-refractivity contribution in [2.75, 3.05) is 13.7 Å². The fourth-order valence-corrected chi connectivity index (χ4v) is 3.44. The maximum Gasteiger partial charge on any atom is 0.267 e. The lowest BCUT2D eigenvalue weighted by atomic mass is 10.1. The van der Waals surface area contributed by atoms with E-state index in [4.69, 9.17) is 14.3 Å². The highest BCUT2D eigenvalue weighted by atomic mass is 16.8. The number of imidazole rings is 1. The normalized spacial score (nSPS) is 16.2. The summed E-state index contributed by atoms with van der Waals surface area (Å²) in [6, 6.07) is 15.9. The second kappa shape index (κ2) is 10.7. The zero-order valence-corrected chi connectivity index (χ0v) is 18.0. The minimum atomic E-state index is -0.354. The number of hydroxylamine groups is 1. The Balaban J connectivity index is 1.28. The molecule has 0 saturated carbocycles. The quantitative estimate of drug-likeness (QED) is 0.409. The van der Waals surface area contributed by atoms with Crippen molar-refractivity contribution >= 4 is 12.0 Å². The number of carbonyl (C=O) groups excluding carboxylic acids is 1. The molecule has 0 spiro atoms. The van der Waals surface area contributed by atoms with Crippen molar-refractivity contribution in [3.8, 4) is 17.0 Å². The van der Waals surface area contributed by atoms with Gasteiger partial charge in [0, 0.05) is 25.5 Å². The molecule has 2 aromatic carbocycles. The highest BCUT2D eigenvalue weighted by molar-refractivity contribution is 5.90. The van der Waals surface area contributed by atoms with Crippen LogP contribution in [0.25, 0.3) is 17.3 Å². The number of methoxy groups -OCH3 is 1. The number of hydrogen-bond donors (Lipinski definition) is 2. The molecule has 0 radical (unpaired) electrons. The van der Waals surface area contributed by atoms with Crippen LogP contribution in [0, 0.1) is 0 Å². The lowest BCUT2D eigenvalue weighted by Crippen LogP contribution is -2.32. The summed E-state index contributed by atoms with van der Waals surface area (Å²) in [5, 5.41) is 0. The third-order valence-corrected chi connectivity index (χ3v) is 5.24. The second-order valence-electron chi connectivity index (χ2n) is 7.60. The van der Waals surface area contributed by atoms with Gasteiger partial charge >= 0.3 is 0 Å². The lowest BCUT2D eigenvalue weighted by molar-refractivity contribution is -0.198. The first-order chi connectivity index (χ1) is 15.7. The van der Waals surface area contributed by atoms with Gasteiger partial charge in [-0.2, -0.15) is 0 Å². The van der Waals surface area contributed by atoms with Crippen molar-refractivity contribution in [1.29, 1.82) is 0 Å². The van der Waals surface area contributed by atoms with E-state index in [0.29, 0.717) is 13.0 Å². The van der Waals surface area contributed by atoms with Gasteiger partial charge in [0.05, 0.1) is 19.0 Å². The Morgan fingerprint density at radius 2 is 2.00 bits per heavy atom. The zero-order chi connectivity index (χ0) is 22.2. The zero-order valence-electron chi connectivity index (χ0n) is 18.0. The van der Waals surface area contributed by atoms with Gasteiger partial charge in [0.15, 0.2) is 6.29 Å². The SMILES string of the molecule is COc1ccc(-c2cnc(Cc3ccc(C=CC(=O)NOC4CCCCO4)cc3)[nH]2)cc1. The third-order valence-electron chi connectivity index (χ3n) is 5.24. The van der Waals surface area contributed by atoms with Crippen LogP contribution in [0.4, 0.5) is 0 Å². The van der Waals surface area contributed by atoms with Crippen LogP contribution in [0.15, 0.2) is 60.8 Å². The Kier molecular flexibility index (Phi) is 7.32. The number of ether oxygens (including phenoxy) is 2. The number of hydrogen-bond acceptors (Lipinski definition) is 5. The van der Waals surface area contributed by atoms with E-state index < -0.39 is 0 Å². The highest BCUT2D eigenvalue weighted by Crippen LogP contribution is 2.21. The van der Waals surface area contributed by atoms with Crippen molar-refractivity contribution in [3.63, 3.8) is 0 Å². The number of aromatic amines is 1. The Morgan fingerprint density at radius 3 is 2.72 bits per heavy atom. The van der Waals surface area contributed by atoms with Crippen molar-refractivity contribution < 1.29 is 19.1 Å². The minimum Gasteiger partial charge on any atom is -0.497 e. The van der Waals surface area contributed by atoms with E-state index in [1.165, 1.54) is 6.08 Å². The van der Waals surface area contributed by atoms with E-state index in [1.54, 1.807) is 13.2 Å². The predicted octanol–water partition coefficient (Wildman–Crippen LogP) is 4.26. The van der Waals surface area contributed by atoms with Crippen LogP contribution in [0.2, 0.25) is 0 Å². The lowest BCUT2D eigenvalue weighted by Gasteiger charge is -2.21. The summed E-state index contributed by atoms with van der Waals surface area (Å²) in [5.41, 5.74) is 6.50. The second-order valence-corrected chi connectivity index (χ2v) is 7.60. The van der Waals surface area contributed by atoms with E-state index in [-0.39, 0.29) is 12.2 Å². The summed E-state index contributed by atoms with van der Waals surface area (Å²) in [6.07, 6.45) is 8.25. The van der Waals surface area contributed by atoms with Crippen LogP contribution >= 0.6 is 0 Å². The number of nitrogens with zero attached hydrogens (tertiary/aromatic N) is 1. The third kappa shape index (κ3) is 6.06. The van der Waals surface area contributed by atoms with Gasteiger partial charge in [0.2, 0.25) is 0 Å². The molecule has 3 aromatic rings. The molecular weight excluding hydrogens is 406 g/mol. The topological polar surface area (TPSA) is 85.5 Å². The Bertz CT molecular complexity index is 1040. The number of nitrogens with one attached hydrogen (secondary N) is 2. The molecule has 0 bridgehead atoms. The molecule has 32 heavy (non-hydrogen) atoms. The average Bonchev–Trinajstić information content (AvgIpc) is 3.31. The van der Waals surface area contributed by atoms with Crippen LogP contribution in [0.3, 0.4) is 0 Å². The molecule has 1 aliphatic heterocycles. The average molecular weight is 434 g/mol. The summed E-state index contributed by atoms with van der Waals surface area (Å²) in [6.45, 7) is 0.670. The first kappa shape index (κ1) is 21.8. The fourth-order valence-electron chi connectivity index (χ4n) is 3.44. The molecule has 1 unspecified atom stereocenters. The molecule has 2 N–H and O–H groups in total. The smallest absolute Gasteiger partial charge is 0.267 e. The summed E-state index contributed by atoms with van der Waals surface area (Å²) in [4.78, 5) is 25.1. The number of benzene rings is 2.